The molecule has 0 fully saturated rings. The number of unbranched alkanes of at least 4 members (excludes halogenated alkanes) is 1. The number of amidine groups is 2. The molecule has 3 rings (SSSR count). The van der Waals surface area contributed by atoms with E-state index < -0.39 is 0 Å². The first-order valence-corrected chi connectivity index (χ1v) is 8.46. The van der Waals surface area contributed by atoms with E-state index in [1.165, 1.54) is 16.8 Å². The lowest BCUT2D eigenvalue weighted by atomic mass is 10.0. The van der Waals surface area contributed by atoms with Crippen molar-refractivity contribution in [1.29, 1.82) is 5.41 Å². The Hall–Kier alpha value is -2.21. The molecule has 0 radical (unpaired) electrons. The van der Waals surface area contributed by atoms with E-state index in [-0.39, 0.29) is 17.3 Å². The van der Waals surface area contributed by atoms with E-state index in [0.717, 1.165) is 35.4 Å². The van der Waals surface area contributed by atoms with Crippen molar-refractivity contribution < 1.29 is 4.79 Å². The number of fused-ring (bicyclic) bond motifs is 1. The number of benzene rings is 1. The summed E-state index contributed by atoms with van der Waals surface area (Å²) in [5.41, 5.74) is 2.25. The summed E-state index contributed by atoms with van der Waals surface area (Å²) in [4.78, 5) is 16.4. The minimum atomic E-state index is -0.371. The van der Waals surface area contributed by atoms with Crippen LogP contribution < -0.4 is 0 Å². The summed E-state index contributed by atoms with van der Waals surface area (Å²) in [5.74, 6) is -0.272. The molecule has 0 saturated carbocycles. The van der Waals surface area contributed by atoms with Gasteiger partial charge >= 0.3 is 0 Å². The van der Waals surface area contributed by atoms with Gasteiger partial charge in [0.25, 0.3) is 5.91 Å². The van der Waals surface area contributed by atoms with Crippen molar-refractivity contribution in [3.8, 4) is 0 Å². The number of aliphatic imine (C=N–C) groups is 1. The first kappa shape index (κ1) is 15.7. The molecule has 0 saturated heterocycles. The highest BCUT2D eigenvalue weighted by Crippen LogP contribution is 2.30. The minimum absolute atomic E-state index is 0.0993. The molecule has 118 valence electrons. The highest BCUT2D eigenvalue weighted by atomic mass is 32.2. The number of aryl methyl sites for hydroxylation is 1. The van der Waals surface area contributed by atoms with Crippen molar-refractivity contribution in [3.63, 3.8) is 0 Å². The van der Waals surface area contributed by atoms with Gasteiger partial charge in [0, 0.05) is 0 Å². The van der Waals surface area contributed by atoms with Crippen molar-refractivity contribution in [1.82, 2.24) is 5.01 Å². The topological polar surface area (TPSA) is 68.9 Å². The maximum atomic E-state index is 12.3. The van der Waals surface area contributed by atoms with Gasteiger partial charge in [0.1, 0.15) is 5.04 Å². The largest absolute Gasteiger partial charge is 0.283 e. The average Bonchev–Trinajstić information content (AvgIpc) is 2.94. The third-order valence-electron chi connectivity index (χ3n) is 3.73. The molecule has 6 heteroatoms. The van der Waals surface area contributed by atoms with Gasteiger partial charge in [0.15, 0.2) is 5.84 Å². The number of carbonyl (C=O) groups is 1. The van der Waals surface area contributed by atoms with Crippen LogP contribution in [0.3, 0.4) is 0 Å². The summed E-state index contributed by atoms with van der Waals surface area (Å²) < 4.78 is 0. The van der Waals surface area contributed by atoms with Crippen LogP contribution in [0.15, 0.2) is 39.9 Å². The van der Waals surface area contributed by atoms with Crippen molar-refractivity contribution in [2.24, 2.45) is 10.1 Å². The number of hydrogen-bond donors (Lipinski definition) is 1. The van der Waals surface area contributed by atoms with Gasteiger partial charge < -0.3 is 0 Å². The predicted molar refractivity (Wildman–Crippen MR) is 95.7 cm³/mol. The standard InChI is InChI=1S/C17H18N4OS/c1-3-4-9-14-20-21-15(18)13(16(22)19-17(21)23-14)10-12-8-6-5-7-11(12)2/h5-8,10,18H,3-4,9H2,1-2H3. The normalized spacial score (nSPS) is 19.0. The fourth-order valence-electron chi connectivity index (χ4n) is 2.36. The number of hydrazone groups is 1. The van der Waals surface area contributed by atoms with E-state index >= 15 is 0 Å². The zero-order valence-corrected chi connectivity index (χ0v) is 14.0. The lowest BCUT2D eigenvalue weighted by molar-refractivity contribution is -0.114. The van der Waals surface area contributed by atoms with Gasteiger partial charge in [-0.25, -0.2) is 0 Å². The maximum Gasteiger partial charge on any atom is 0.283 e. The van der Waals surface area contributed by atoms with Gasteiger partial charge in [-0.15, -0.1) is 0 Å². The molecule has 1 aromatic carbocycles. The van der Waals surface area contributed by atoms with Crippen LogP contribution in [-0.4, -0.2) is 27.0 Å². The molecule has 0 spiro atoms. The molecule has 2 aliphatic heterocycles. The maximum absolute atomic E-state index is 12.3. The van der Waals surface area contributed by atoms with Gasteiger partial charge in [-0.2, -0.15) is 15.1 Å². The number of nitrogens with zero attached hydrogens (tertiary/aromatic N) is 3. The third-order valence-corrected chi connectivity index (χ3v) is 4.70. The van der Waals surface area contributed by atoms with E-state index in [9.17, 15) is 4.79 Å². The average molecular weight is 326 g/mol. The Morgan fingerprint density at radius 1 is 1.35 bits per heavy atom. The summed E-state index contributed by atoms with van der Waals surface area (Å²) >= 11 is 1.39. The quantitative estimate of drug-likeness (QED) is 0.856. The number of thioether (sulfide) groups is 1. The van der Waals surface area contributed by atoms with Crippen LogP contribution in [0.2, 0.25) is 0 Å². The number of nitrogens with one attached hydrogen (secondary N) is 1. The number of carbonyl (C=O) groups excluding carboxylic acids is 1. The summed E-state index contributed by atoms with van der Waals surface area (Å²) in [5, 5.41) is 15.7. The van der Waals surface area contributed by atoms with Gasteiger partial charge in [-0.1, -0.05) is 37.6 Å². The minimum Gasteiger partial charge on any atom is -0.282 e. The Kier molecular flexibility index (Phi) is 4.43. The summed E-state index contributed by atoms with van der Waals surface area (Å²) in [6, 6.07) is 7.77. The molecule has 0 aromatic heterocycles. The Bertz CT molecular complexity index is 764. The van der Waals surface area contributed by atoms with E-state index in [1.807, 2.05) is 31.2 Å². The molecule has 5 nitrogen and oxygen atoms in total. The molecular formula is C17H18N4OS. The fraction of sp³-hybridized carbons (Fsp3) is 0.294. The third kappa shape index (κ3) is 3.12. The zero-order chi connectivity index (χ0) is 16.4. The van der Waals surface area contributed by atoms with Gasteiger partial charge in [-0.05, 0) is 48.7 Å². The van der Waals surface area contributed by atoms with Crippen LogP contribution >= 0.6 is 11.8 Å². The highest BCUT2D eigenvalue weighted by Gasteiger charge is 2.35. The van der Waals surface area contributed by atoms with Crippen LogP contribution in [0.1, 0.15) is 37.3 Å². The van der Waals surface area contributed by atoms with Crippen molar-refractivity contribution in [3.05, 3.63) is 41.0 Å². The fourth-order valence-corrected chi connectivity index (χ4v) is 3.29. The second-order valence-corrected chi connectivity index (χ2v) is 6.51. The molecule has 1 amide bonds. The molecule has 23 heavy (non-hydrogen) atoms. The number of rotatable bonds is 4. The van der Waals surface area contributed by atoms with Gasteiger partial charge in [0.05, 0.1) is 5.57 Å². The van der Waals surface area contributed by atoms with Crippen LogP contribution in [-0.2, 0) is 4.79 Å². The lowest BCUT2D eigenvalue weighted by Gasteiger charge is -2.20. The van der Waals surface area contributed by atoms with Crippen molar-refractivity contribution >= 4 is 39.8 Å². The smallest absolute Gasteiger partial charge is 0.282 e. The second-order valence-electron chi connectivity index (χ2n) is 5.47. The Balaban J connectivity index is 1.92. The molecule has 0 aliphatic carbocycles. The molecule has 1 aromatic rings. The second kappa shape index (κ2) is 6.50. The Morgan fingerprint density at radius 2 is 2.13 bits per heavy atom. The summed E-state index contributed by atoms with van der Waals surface area (Å²) in [7, 11) is 0. The van der Waals surface area contributed by atoms with Crippen LogP contribution in [0.4, 0.5) is 0 Å². The molecule has 0 bridgehead atoms. The number of hydrogen-bond acceptors (Lipinski definition) is 4. The van der Waals surface area contributed by atoms with Gasteiger partial charge in [0.2, 0.25) is 5.17 Å². The van der Waals surface area contributed by atoms with E-state index in [2.05, 4.69) is 17.0 Å². The Morgan fingerprint density at radius 3 is 2.87 bits per heavy atom. The summed E-state index contributed by atoms with van der Waals surface area (Å²) in [6.07, 6.45) is 4.71. The molecule has 2 aliphatic rings. The molecule has 1 N–H and O–H groups in total. The molecule has 0 atom stereocenters. The van der Waals surface area contributed by atoms with E-state index in [1.54, 1.807) is 6.08 Å². The van der Waals surface area contributed by atoms with Crippen LogP contribution in [0.25, 0.3) is 6.08 Å². The predicted octanol–water partition coefficient (Wildman–Crippen LogP) is 3.80. The zero-order valence-electron chi connectivity index (χ0n) is 13.2. The van der Waals surface area contributed by atoms with Crippen LogP contribution in [0, 0.1) is 12.3 Å². The van der Waals surface area contributed by atoms with Crippen molar-refractivity contribution in [2.75, 3.05) is 0 Å². The molecule has 2 heterocycles. The van der Waals surface area contributed by atoms with E-state index in [4.69, 9.17) is 5.41 Å². The van der Waals surface area contributed by atoms with Crippen molar-refractivity contribution in [2.45, 2.75) is 33.1 Å². The highest BCUT2D eigenvalue weighted by molar-refractivity contribution is 8.26. The first-order chi connectivity index (χ1) is 11.1. The van der Waals surface area contributed by atoms with Gasteiger partial charge in [-0.3, -0.25) is 10.2 Å². The first-order valence-electron chi connectivity index (χ1n) is 7.65. The molecular weight excluding hydrogens is 308 g/mol. The Labute approximate surface area is 139 Å². The summed E-state index contributed by atoms with van der Waals surface area (Å²) in [6.45, 7) is 4.10. The van der Waals surface area contributed by atoms with E-state index in [0.29, 0.717) is 5.17 Å². The SMILES string of the molecule is CCCCC1=NN2C(=N)C(=Cc3ccccc3C)C(=O)N=C2S1. The van der Waals surface area contributed by atoms with Crippen LogP contribution in [0.5, 0.6) is 0 Å². The molecule has 0 unspecified atom stereocenters. The lowest BCUT2D eigenvalue weighted by Crippen LogP contribution is -2.35. The number of amides is 1. The monoisotopic (exact) mass is 326 g/mol.